The molecule has 1 aromatic heterocycles. The minimum absolute atomic E-state index is 0.163. The smallest absolute Gasteiger partial charge is 0.241 e. The van der Waals surface area contributed by atoms with E-state index < -0.39 is 10.0 Å². The topological polar surface area (TPSA) is 68.3 Å². The first-order valence-corrected chi connectivity index (χ1v) is 9.68. The van der Waals surface area contributed by atoms with Crippen molar-refractivity contribution in [3.63, 3.8) is 0 Å². The van der Waals surface area contributed by atoms with Crippen LogP contribution in [0.1, 0.15) is 24.4 Å². The molecule has 1 aliphatic rings. The summed E-state index contributed by atoms with van der Waals surface area (Å²) in [6.07, 6.45) is 4.99. The summed E-state index contributed by atoms with van der Waals surface area (Å²) in [6, 6.07) is 9.64. The first kappa shape index (κ1) is 17.4. The van der Waals surface area contributed by atoms with Gasteiger partial charge < -0.3 is 4.74 Å². The van der Waals surface area contributed by atoms with Crippen LogP contribution in [-0.4, -0.2) is 26.6 Å². The van der Waals surface area contributed by atoms with E-state index in [-0.39, 0.29) is 16.9 Å². The van der Waals surface area contributed by atoms with Gasteiger partial charge in [0, 0.05) is 30.6 Å². The van der Waals surface area contributed by atoms with E-state index in [9.17, 15) is 8.42 Å². The lowest BCUT2D eigenvalue weighted by molar-refractivity contribution is 0.0564. The largest absolute Gasteiger partial charge is 0.381 e. The maximum atomic E-state index is 12.8. The SMILES string of the molecule is O=S(=O)(NC(c1cccnc1)C1CCOCC1)c1cccc(Cl)c1. The highest BCUT2D eigenvalue weighted by molar-refractivity contribution is 7.89. The van der Waals surface area contributed by atoms with Crippen molar-refractivity contribution in [2.45, 2.75) is 23.8 Å². The van der Waals surface area contributed by atoms with Crippen LogP contribution < -0.4 is 4.72 Å². The fourth-order valence-corrected chi connectivity index (χ4v) is 4.51. The molecule has 0 bridgehead atoms. The van der Waals surface area contributed by atoms with Crippen LogP contribution in [-0.2, 0) is 14.8 Å². The summed E-state index contributed by atoms with van der Waals surface area (Å²) in [6.45, 7) is 1.28. The van der Waals surface area contributed by atoms with E-state index in [0.717, 1.165) is 18.4 Å². The molecule has 1 aliphatic heterocycles. The van der Waals surface area contributed by atoms with E-state index in [1.807, 2.05) is 12.1 Å². The van der Waals surface area contributed by atoms with Gasteiger partial charge >= 0.3 is 0 Å². The van der Waals surface area contributed by atoms with E-state index in [4.69, 9.17) is 16.3 Å². The van der Waals surface area contributed by atoms with Gasteiger partial charge in [-0.25, -0.2) is 13.1 Å². The minimum atomic E-state index is -3.68. The van der Waals surface area contributed by atoms with Crippen LogP contribution in [0.4, 0.5) is 0 Å². The summed E-state index contributed by atoms with van der Waals surface area (Å²) >= 11 is 5.93. The number of nitrogens with zero attached hydrogens (tertiary/aromatic N) is 1. The molecular weight excluding hydrogens is 348 g/mol. The number of aromatic nitrogens is 1. The number of pyridine rings is 1. The Morgan fingerprint density at radius 1 is 1.21 bits per heavy atom. The predicted octanol–water partition coefficient (Wildman–Crippen LogP) is 3.18. The normalized spacial score (nSPS) is 17.5. The second kappa shape index (κ2) is 7.61. The highest BCUT2D eigenvalue weighted by Crippen LogP contribution is 2.31. The zero-order valence-corrected chi connectivity index (χ0v) is 14.6. The molecule has 0 aliphatic carbocycles. The van der Waals surface area contributed by atoms with Crippen molar-refractivity contribution >= 4 is 21.6 Å². The average Bonchev–Trinajstić information content (AvgIpc) is 2.61. The van der Waals surface area contributed by atoms with Gasteiger partial charge in [-0.05, 0) is 48.6 Å². The molecule has 7 heteroatoms. The van der Waals surface area contributed by atoms with Gasteiger partial charge in [-0.2, -0.15) is 0 Å². The summed E-state index contributed by atoms with van der Waals surface area (Å²) in [7, 11) is -3.68. The number of nitrogens with one attached hydrogen (secondary N) is 1. The molecule has 1 fully saturated rings. The Bertz CT molecular complexity index is 777. The van der Waals surface area contributed by atoms with Gasteiger partial charge in [0.2, 0.25) is 10.0 Å². The Hall–Kier alpha value is -1.47. The summed E-state index contributed by atoms with van der Waals surface area (Å²) in [5.41, 5.74) is 0.856. The van der Waals surface area contributed by atoms with Crippen LogP contribution in [0.25, 0.3) is 0 Å². The van der Waals surface area contributed by atoms with Gasteiger partial charge in [-0.1, -0.05) is 23.7 Å². The van der Waals surface area contributed by atoms with Gasteiger partial charge in [0.1, 0.15) is 0 Å². The van der Waals surface area contributed by atoms with Gasteiger partial charge in [0.05, 0.1) is 10.9 Å². The third-order valence-electron chi connectivity index (χ3n) is 4.17. The Labute approximate surface area is 147 Å². The Balaban J connectivity index is 1.91. The number of benzene rings is 1. The lowest BCUT2D eigenvalue weighted by Gasteiger charge is -2.31. The van der Waals surface area contributed by atoms with Crippen LogP contribution in [0, 0.1) is 5.92 Å². The van der Waals surface area contributed by atoms with Crippen molar-refractivity contribution in [1.29, 1.82) is 0 Å². The number of hydrogen-bond acceptors (Lipinski definition) is 4. The molecule has 3 rings (SSSR count). The third kappa shape index (κ3) is 4.13. The molecule has 1 aromatic carbocycles. The zero-order valence-electron chi connectivity index (χ0n) is 13.1. The Kier molecular flexibility index (Phi) is 5.50. The molecule has 5 nitrogen and oxygen atoms in total. The summed E-state index contributed by atoms with van der Waals surface area (Å²) in [4.78, 5) is 4.29. The zero-order chi connectivity index (χ0) is 17.0. The van der Waals surface area contributed by atoms with Crippen molar-refractivity contribution in [2.75, 3.05) is 13.2 Å². The molecule has 1 N–H and O–H groups in total. The van der Waals surface area contributed by atoms with Crippen molar-refractivity contribution < 1.29 is 13.2 Å². The molecule has 0 amide bonds. The second-order valence-corrected chi connectivity index (χ2v) is 7.94. The Morgan fingerprint density at radius 3 is 2.67 bits per heavy atom. The minimum Gasteiger partial charge on any atom is -0.381 e. The highest BCUT2D eigenvalue weighted by Gasteiger charge is 2.30. The fraction of sp³-hybridized carbons (Fsp3) is 0.353. The van der Waals surface area contributed by atoms with Crippen LogP contribution in [0.15, 0.2) is 53.7 Å². The van der Waals surface area contributed by atoms with E-state index in [0.29, 0.717) is 18.2 Å². The molecular formula is C17H19ClN2O3S. The maximum absolute atomic E-state index is 12.8. The van der Waals surface area contributed by atoms with Gasteiger partial charge in [0.25, 0.3) is 0 Å². The van der Waals surface area contributed by atoms with Crippen LogP contribution in [0.3, 0.4) is 0 Å². The third-order valence-corrected chi connectivity index (χ3v) is 5.84. The van der Waals surface area contributed by atoms with E-state index in [1.54, 1.807) is 30.6 Å². The number of ether oxygens (including phenoxy) is 1. The van der Waals surface area contributed by atoms with E-state index in [2.05, 4.69) is 9.71 Å². The first-order chi connectivity index (χ1) is 11.6. The monoisotopic (exact) mass is 366 g/mol. The number of sulfonamides is 1. The molecule has 0 radical (unpaired) electrons. The van der Waals surface area contributed by atoms with Crippen LogP contribution in [0.2, 0.25) is 5.02 Å². The van der Waals surface area contributed by atoms with Crippen LogP contribution in [0.5, 0.6) is 0 Å². The average molecular weight is 367 g/mol. The standard InChI is InChI=1S/C17H19ClN2O3S/c18-15-4-1-5-16(11-15)24(21,22)20-17(13-6-9-23-10-7-13)14-3-2-8-19-12-14/h1-5,8,11-13,17,20H,6-7,9-10H2. The molecule has 128 valence electrons. The molecule has 2 heterocycles. The van der Waals surface area contributed by atoms with Gasteiger partial charge in [0.15, 0.2) is 0 Å². The van der Waals surface area contributed by atoms with Crippen LogP contribution >= 0.6 is 11.6 Å². The molecule has 1 atom stereocenters. The lowest BCUT2D eigenvalue weighted by Crippen LogP contribution is -2.36. The van der Waals surface area contributed by atoms with Gasteiger partial charge in [-0.15, -0.1) is 0 Å². The lowest BCUT2D eigenvalue weighted by atomic mass is 9.88. The molecule has 0 saturated carbocycles. The maximum Gasteiger partial charge on any atom is 0.241 e. The summed E-state index contributed by atoms with van der Waals surface area (Å²) < 4.78 is 33.8. The predicted molar refractivity (Wildman–Crippen MR) is 92.3 cm³/mol. The van der Waals surface area contributed by atoms with E-state index in [1.165, 1.54) is 6.07 Å². The van der Waals surface area contributed by atoms with Crippen molar-refractivity contribution in [2.24, 2.45) is 5.92 Å². The highest BCUT2D eigenvalue weighted by atomic mass is 35.5. The second-order valence-electron chi connectivity index (χ2n) is 5.79. The van der Waals surface area contributed by atoms with E-state index >= 15 is 0 Å². The number of hydrogen-bond donors (Lipinski definition) is 1. The molecule has 1 saturated heterocycles. The van der Waals surface area contributed by atoms with Crippen molar-refractivity contribution in [1.82, 2.24) is 9.71 Å². The van der Waals surface area contributed by atoms with Crippen molar-refractivity contribution in [3.05, 3.63) is 59.4 Å². The van der Waals surface area contributed by atoms with Gasteiger partial charge in [-0.3, -0.25) is 4.98 Å². The summed E-state index contributed by atoms with van der Waals surface area (Å²) in [5, 5.41) is 0.391. The summed E-state index contributed by atoms with van der Waals surface area (Å²) in [5.74, 6) is 0.164. The Morgan fingerprint density at radius 2 is 2.00 bits per heavy atom. The quantitative estimate of drug-likeness (QED) is 0.882. The molecule has 1 unspecified atom stereocenters. The number of rotatable bonds is 5. The molecule has 0 spiro atoms. The fourth-order valence-electron chi connectivity index (χ4n) is 2.91. The first-order valence-electron chi connectivity index (χ1n) is 7.82. The number of halogens is 1. The molecule has 2 aromatic rings. The van der Waals surface area contributed by atoms with Crippen molar-refractivity contribution in [3.8, 4) is 0 Å². The molecule has 24 heavy (non-hydrogen) atoms.